The fourth-order valence-corrected chi connectivity index (χ4v) is 2.92. The van der Waals surface area contributed by atoms with E-state index in [0.29, 0.717) is 34.0 Å². The van der Waals surface area contributed by atoms with Crippen LogP contribution in [0.25, 0.3) is 0 Å². The summed E-state index contributed by atoms with van der Waals surface area (Å²) in [5.74, 6) is 0.271. The molecule has 2 aromatic carbocycles. The second kappa shape index (κ2) is 8.79. The second-order valence-corrected chi connectivity index (χ2v) is 6.87. The minimum atomic E-state index is -0.446. The van der Waals surface area contributed by atoms with Crippen LogP contribution in [0.5, 0.6) is 0 Å². The summed E-state index contributed by atoms with van der Waals surface area (Å²) in [6.45, 7) is 2.31. The van der Waals surface area contributed by atoms with Gasteiger partial charge in [0.15, 0.2) is 0 Å². The van der Waals surface area contributed by atoms with E-state index in [2.05, 4.69) is 36.5 Å². The highest BCUT2D eigenvalue weighted by Gasteiger charge is 2.12. The Labute approximate surface area is 170 Å². The lowest BCUT2D eigenvalue weighted by molar-refractivity contribution is 0.0599. The molecule has 0 amide bonds. The van der Waals surface area contributed by atoms with E-state index >= 15 is 0 Å². The predicted octanol–water partition coefficient (Wildman–Crippen LogP) is 4.83. The monoisotopic (exact) mass is 444 g/mol. The van der Waals surface area contributed by atoms with Crippen LogP contribution in [-0.2, 0) is 11.3 Å². The van der Waals surface area contributed by atoms with Gasteiger partial charge in [-0.25, -0.2) is 14.2 Å². The van der Waals surface area contributed by atoms with Gasteiger partial charge >= 0.3 is 5.97 Å². The number of hydrogen-bond donors (Lipinski definition) is 2. The van der Waals surface area contributed by atoms with Crippen molar-refractivity contribution in [2.45, 2.75) is 13.5 Å². The molecule has 6 nitrogen and oxygen atoms in total. The quantitative estimate of drug-likeness (QED) is 0.530. The van der Waals surface area contributed by atoms with Crippen molar-refractivity contribution in [2.75, 3.05) is 17.7 Å². The van der Waals surface area contributed by atoms with Crippen molar-refractivity contribution >= 4 is 39.4 Å². The molecular formula is C20H18BrFN4O2. The van der Waals surface area contributed by atoms with Gasteiger partial charge < -0.3 is 15.4 Å². The topological polar surface area (TPSA) is 76.1 Å². The summed E-state index contributed by atoms with van der Waals surface area (Å²) in [4.78, 5) is 20.6. The minimum Gasteiger partial charge on any atom is -0.465 e. The van der Waals surface area contributed by atoms with E-state index in [-0.39, 0.29) is 5.82 Å². The van der Waals surface area contributed by atoms with Crippen molar-refractivity contribution in [3.63, 3.8) is 0 Å². The number of nitrogens with zero attached hydrogens (tertiary/aromatic N) is 2. The molecule has 1 heterocycles. The van der Waals surface area contributed by atoms with Gasteiger partial charge in [0.1, 0.15) is 11.6 Å². The summed E-state index contributed by atoms with van der Waals surface area (Å²) in [7, 11) is 1.33. The van der Waals surface area contributed by atoms with Gasteiger partial charge in [-0.05, 0) is 58.7 Å². The van der Waals surface area contributed by atoms with Gasteiger partial charge in [0.05, 0.1) is 12.7 Å². The Balaban J connectivity index is 1.77. The third-order valence-corrected chi connectivity index (χ3v) is 4.64. The van der Waals surface area contributed by atoms with E-state index in [1.165, 1.54) is 19.2 Å². The number of halogens is 2. The van der Waals surface area contributed by atoms with Crippen molar-refractivity contribution in [3.8, 4) is 0 Å². The first-order valence-electron chi connectivity index (χ1n) is 8.43. The molecular weight excluding hydrogens is 427 g/mol. The van der Waals surface area contributed by atoms with Gasteiger partial charge in [-0.15, -0.1) is 0 Å². The molecule has 0 aliphatic rings. The minimum absolute atomic E-state index is 0.280. The van der Waals surface area contributed by atoms with Crippen LogP contribution in [0, 0.1) is 12.7 Å². The number of nitrogens with one attached hydrogen (secondary N) is 2. The van der Waals surface area contributed by atoms with Crippen LogP contribution in [0.15, 0.2) is 53.1 Å². The zero-order valence-corrected chi connectivity index (χ0v) is 16.9. The van der Waals surface area contributed by atoms with E-state index in [1.54, 1.807) is 30.5 Å². The highest BCUT2D eigenvalue weighted by atomic mass is 79.9. The number of hydrogen-bond acceptors (Lipinski definition) is 6. The highest BCUT2D eigenvalue weighted by Crippen LogP contribution is 2.24. The number of rotatable bonds is 6. The summed E-state index contributed by atoms with van der Waals surface area (Å²) in [5.41, 5.74) is 2.70. The van der Waals surface area contributed by atoms with E-state index in [9.17, 15) is 9.18 Å². The summed E-state index contributed by atoms with van der Waals surface area (Å²) in [5, 5.41) is 6.27. The molecule has 0 spiro atoms. The average Bonchev–Trinajstić information content (AvgIpc) is 2.69. The summed E-state index contributed by atoms with van der Waals surface area (Å²) in [6, 6.07) is 11.6. The number of ether oxygens (including phenoxy) is 1. The van der Waals surface area contributed by atoms with Crippen LogP contribution in [0.2, 0.25) is 0 Å². The Morgan fingerprint density at radius 3 is 2.82 bits per heavy atom. The molecule has 8 heteroatoms. The maximum absolute atomic E-state index is 13.3. The Kier molecular flexibility index (Phi) is 6.20. The Morgan fingerprint density at radius 2 is 2.07 bits per heavy atom. The van der Waals surface area contributed by atoms with E-state index in [4.69, 9.17) is 4.74 Å². The Bertz CT molecular complexity index is 1010. The normalized spacial score (nSPS) is 10.4. The molecule has 0 bridgehead atoms. The highest BCUT2D eigenvalue weighted by molar-refractivity contribution is 9.10. The van der Waals surface area contributed by atoms with E-state index in [1.807, 2.05) is 13.0 Å². The molecule has 3 aromatic rings. The predicted molar refractivity (Wildman–Crippen MR) is 109 cm³/mol. The lowest BCUT2D eigenvalue weighted by atomic mass is 10.2. The van der Waals surface area contributed by atoms with Crippen LogP contribution in [-0.4, -0.2) is 23.0 Å². The number of carbonyl (C=O) groups excluding carboxylic acids is 1. The molecule has 0 saturated carbocycles. The Morgan fingerprint density at radius 1 is 1.25 bits per heavy atom. The summed E-state index contributed by atoms with van der Waals surface area (Å²) < 4.78 is 18.7. The zero-order chi connectivity index (χ0) is 20.1. The first-order valence-corrected chi connectivity index (χ1v) is 9.22. The largest absolute Gasteiger partial charge is 0.465 e. The number of esters is 1. The number of aryl methyl sites for hydroxylation is 1. The molecule has 2 N–H and O–H groups in total. The van der Waals surface area contributed by atoms with Crippen molar-refractivity contribution in [2.24, 2.45) is 0 Å². The maximum atomic E-state index is 13.3. The molecule has 28 heavy (non-hydrogen) atoms. The van der Waals surface area contributed by atoms with Gasteiger partial charge in [0.25, 0.3) is 0 Å². The first kappa shape index (κ1) is 19.8. The van der Waals surface area contributed by atoms with E-state index < -0.39 is 5.97 Å². The third kappa shape index (κ3) is 4.83. The lowest BCUT2D eigenvalue weighted by Gasteiger charge is -2.12. The average molecular weight is 445 g/mol. The summed E-state index contributed by atoms with van der Waals surface area (Å²) >= 11 is 3.33. The molecule has 0 unspecified atom stereocenters. The fraction of sp³-hybridized carbons (Fsp3) is 0.150. The van der Waals surface area contributed by atoms with Crippen LogP contribution < -0.4 is 10.6 Å². The molecule has 0 aliphatic carbocycles. The smallest absolute Gasteiger partial charge is 0.339 e. The van der Waals surface area contributed by atoms with Crippen molar-refractivity contribution in [1.82, 2.24) is 9.97 Å². The van der Waals surface area contributed by atoms with Gasteiger partial charge in [0.2, 0.25) is 5.95 Å². The summed E-state index contributed by atoms with van der Waals surface area (Å²) in [6.07, 6.45) is 1.68. The lowest BCUT2D eigenvalue weighted by Crippen LogP contribution is -2.07. The Hall–Kier alpha value is -3.00. The standard InChI is InChI=1S/C20H18BrFN4O2/c1-12-10-24-20(25-15-6-7-17(21)16(9-15)19(27)28-2)26-18(12)23-11-13-4-3-5-14(22)8-13/h3-10H,11H2,1-2H3,(H2,23,24,25,26). The number of methoxy groups -OCH3 is 1. The maximum Gasteiger partial charge on any atom is 0.339 e. The number of benzene rings is 2. The van der Waals surface area contributed by atoms with Gasteiger partial charge in [-0.1, -0.05) is 12.1 Å². The van der Waals surface area contributed by atoms with Crippen molar-refractivity contribution in [1.29, 1.82) is 0 Å². The second-order valence-electron chi connectivity index (χ2n) is 6.02. The number of carbonyl (C=O) groups is 1. The molecule has 0 atom stereocenters. The van der Waals surface area contributed by atoms with Gasteiger partial charge in [-0.3, -0.25) is 0 Å². The molecule has 0 saturated heterocycles. The third-order valence-electron chi connectivity index (χ3n) is 3.95. The van der Waals surface area contributed by atoms with Crippen molar-refractivity contribution in [3.05, 3.63) is 75.6 Å². The molecule has 0 radical (unpaired) electrons. The van der Waals surface area contributed by atoms with Crippen LogP contribution in [0.4, 0.5) is 21.8 Å². The molecule has 0 aliphatic heterocycles. The number of anilines is 3. The molecule has 144 valence electrons. The number of aromatic nitrogens is 2. The van der Waals surface area contributed by atoms with Crippen LogP contribution in [0.3, 0.4) is 0 Å². The van der Waals surface area contributed by atoms with Crippen LogP contribution >= 0.6 is 15.9 Å². The van der Waals surface area contributed by atoms with Crippen LogP contribution in [0.1, 0.15) is 21.5 Å². The first-order chi connectivity index (χ1) is 13.5. The molecule has 3 rings (SSSR count). The van der Waals surface area contributed by atoms with Gasteiger partial charge in [-0.2, -0.15) is 4.98 Å². The van der Waals surface area contributed by atoms with Gasteiger partial charge in [0, 0.05) is 28.5 Å². The van der Waals surface area contributed by atoms with Crippen molar-refractivity contribution < 1.29 is 13.9 Å². The SMILES string of the molecule is COC(=O)c1cc(Nc2ncc(C)c(NCc3cccc(F)c3)n2)ccc1Br. The molecule has 1 aromatic heterocycles. The fourth-order valence-electron chi connectivity index (χ4n) is 2.51. The van der Waals surface area contributed by atoms with E-state index in [0.717, 1.165) is 11.1 Å². The molecule has 0 fully saturated rings. The zero-order valence-electron chi connectivity index (χ0n) is 15.3.